The minimum Gasteiger partial charge on any atom is -0.494 e. The average molecular weight is 518 g/mol. The van der Waals surface area contributed by atoms with E-state index in [1.165, 1.54) is 11.6 Å². The van der Waals surface area contributed by atoms with E-state index in [9.17, 15) is 13.8 Å². The summed E-state index contributed by atoms with van der Waals surface area (Å²) >= 11 is 0. The number of carbonyl (C=O) groups excluding carboxylic acids is 2. The normalized spacial score (nSPS) is 14.7. The van der Waals surface area contributed by atoms with Crippen LogP contribution in [0.5, 0.6) is 11.5 Å². The van der Waals surface area contributed by atoms with Gasteiger partial charge in [0.05, 0.1) is 11.5 Å². The van der Waals surface area contributed by atoms with E-state index in [1.807, 2.05) is 24.3 Å². The van der Waals surface area contributed by atoms with Crippen LogP contribution in [0.1, 0.15) is 48.4 Å². The third-order valence-electron chi connectivity index (χ3n) is 6.11. The minimum absolute atomic E-state index is 0.217. The van der Waals surface area contributed by atoms with Gasteiger partial charge in [0.2, 0.25) is 0 Å². The highest BCUT2D eigenvalue weighted by atomic mass is 32.2. The molecule has 1 atom stereocenters. The first-order valence-corrected chi connectivity index (χ1v) is 13.5. The van der Waals surface area contributed by atoms with Crippen molar-refractivity contribution in [3.05, 3.63) is 89.0 Å². The van der Waals surface area contributed by atoms with Crippen LogP contribution in [0.3, 0.4) is 0 Å². The Balaban J connectivity index is 1.39. The van der Waals surface area contributed by atoms with E-state index in [2.05, 4.69) is 42.8 Å². The maximum absolute atomic E-state index is 11.9. The van der Waals surface area contributed by atoms with E-state index in [0.717, 1.165) is 46.4 Å². The topological polar surface area (TPSA) is 81.7 Å². The van der Waals surface area contributed by atoms with E-state index in [0.29, 0.717) is 30.3 Å². The minimum atomic E-state index is -1.51. The Kier molecular flexibility index (Phi) is 8.56. The first-order chi connectivity index (χ1) is 17.8. The van der Waals surface area contributed by atoms with Crippen molar-refractivity contribution in [2.75, 3.05) is 6.61 Å². The predicted octanol–water partition coefficient (Wildman–Crippen LogP) is 5.82. The van der Waals surface area contributed by atoms with Gasteiger partial charge in [-0.2, -0.15) is 0 Å². The fraction of sp³-hybridized carbons (Fsp3) is 0.267. The lowest BCUT2D eigenvalue weighted by molar-refractivity contribution is -0.117. The van der Waals surface area contributed by atoms with Gasteiger partial charge in [0.25, 0.3) is 5.91 Å². The molecule has 1 aliphatic heterocycles. The Hall–Kier alpha value is -3.71. The molecule has 6 nitrogen and oxygen atoms in total. The largest absolute Gasteiger partial charge is 0.494 e. The molecule has 7 heteroatoms. The fourth-order valence-corrected chi connectivity index (χ4v) is 5.28. The highest BCUT2D eigenvalue weighted by Gasteiger charge is 2.20. The molecule has 3 aromatic rings. The van der Waals surface area contributed by atoms with Crippen LogP contribution in [0, 0.1) is 13.8 Å². The number of aryl methyl sites for hydroxylation is 2. The number of nitrogens with one attached hydrogen (secondary N) is 1. The number of hydrogen-bond acceptors (Lipinski definition) is 5. The summed E-state index contributed by atoms with van der Waals surface area (Å²) in [6, 6.07) is 19.6. The molecule has 3 aromatic carbocycles. The molecule has 0 aromatic heterocycles. The smallest absolute Gasteiger partial charge is 0.257 e. The Labute approximate surface area is 220 Å². The van der Waals surface area contributed by atoms with Crippen molar-refractivity contribution in [2.45, 2.75) is 46.6 Å². The standard InChI is InChI=1S/C30H31NO5S/c1-20-15-27(35-14-5-4-7-22(3)32)16-21(2)30(20)25-9-6-8-23(17-25)19-36-26-12-10-24(11-13-26)28-18-29(33)31-37(28)34/h6,8-13,15-18H,4-5,7,14,19H2,1-3H3,(H,31,33). The highest BCUT2D eigenvalue weighted by Crippen LogP contribution is 2.32. The van der Waals surface area contributed by atoms with Crippen molar-refractivity contribution in [1.29, 1.82) is 0 Å². The Morgan fingerprint density at radius 2 is 1.62 bits per heavy atom. The van der Waals surface area contributed by atoms with Crippen molar-refractivity contribution in [2.24, 2.45) is 0 Å². The number of ether oxygens (including phenoxy) is 2. The van der Waals surface area contributed by atoms with Crippen LogP contribution in [0.15, 0.2) is 66.7 Å². The first-order valence-electron chi connectivity index (χ1n) is 12.3. The number of amides is 1. The average Bonchev–Trinajstić information content (AvgIpc) is 3.20. The first kappa shape index (κ1) is 26.4. The van der Waals surface area contributed by atoms with E-state index in [-0.39, 0.29) is 11.7 Å². The monoisotopic (exact) mass is 517 g/mol. The quantitative estimate of drug-likeness (QED) is 0.324. The summed E-state index contributed by atoms with van der Waals surface area (Å²) in [5.74, 6) is 1.41. The molecule has 0 radical (unpaired) electrons. The van der Waals surface area contributed by atoms with Gasteiger partial charge in [-0.3, -0.25) is 9.52 Å². The number of benzene rings is 3. The number of Topliss-reactive ketones (excluding diaryl/α,β-unsaturated/α-hetero) is 1. The fourth-order valence-electron chi connectivity index (χ4n) is 4.37. The number of unbranched alkanes of at least 4 members (excludes halogenated alkanes) is 1. The molecule has 1 heterocycles. The number of carbonyl (C=O) groups is 2. The molecular formula is C30H31NO5S. The molecule has 0 saturated carbocycles. The van der Waals surface area contributed by atoms with Gasteiger partial charge in [0.1, 0.15) is 23.9 Å². The molecule has 1 amide bonds. The van der Waals surface area contributed by atoms with Crippen molar-refractivity contribution < 1.29 is 23.3 Å². The summed E-state index contributed by atoms with van der Waals surface area (Å²) < 4.78 is 26.2. The molecule has 1 aliphatic rings. The molecule has 0 aliphatic carbocycles. The molecule has 0 bridgehead atoms. The van der Waals surface area contributed by atoms with Crippen LogP contribution < -0.4 is 14.2 Å². The van der Waals surface area contributed by atoms with Gasteiger partial charge in [-0.15, -0.1) is 0 Å². The number of rotatable bonds is 11. The van der Waals surface area contributed by atoms with Crippen molar-refractivity contribution in [3.8, 4) is 22.6 Å². The summed E-state index contributed by atoms with van der Waals surface area (Å²) in [6.07, 6.45) is 3.67. The van der Waals surface area contributed by atoms with Crippen LogP contribution in [0.2, 0.25) is 0 Å². The van der Waals surface area contributed by atoms with Crippen molar-refractivity contribution in [3.63, 3.8) is 0 Å². The molecule has 1 unspecified atom stereocenters. The lowest BCUT2D eigenvalue weighted by Crippen LogP contribution is -2.16. The third-order valence-corrected chi connectivity index (χ3v) is 7.25. The summed E-state index contributed by atoms with van der Waals surface area (Å²) in [6.45, 7) is 6.80. The van der Waals surface area contributed by atoms with Crippen molar-refractivity contribution in [1.82, 2.24) is 4.72 Å². The molecule has 37 heavy (non-hydrogen) atoms. The summed E-state index contributed by atoms with van der Waals surface area (Å²) in [5, 5.41) is 0. The van der Waals surface area contributed by atoms with E-state index in [4.69, 9.17) is 9.47 Å². The van der Waals surface area contributed by atoms with E-state index >= 15 is 0 Å². The second-order valence-electron chi connectivity index (χ2n) is 9.20. The molecule has 1 N–H and O–H groups in total. The number of ketones is 1. The maximum Gasteiger partial charge on any atom is 0.257 e. The molecule has 0 fully saturated rings. The lowest BCUT2D eigenvalue weighted by Gasteiger charge is -2.15. The second-order valence-corrected chi connectivity index (χ2v) is 10.4. The van der Waals surface area contributed by atoms with Crippen LogP contribution in [0.4, 0.5) is 0 Å². The van der Waals surface area contributed by atoms with Gasteiger partial charge in [-0.25, -0.2) is 4.21 Å². The van der Waals surface area contributed by atoms with Crippen LogP contribution >= 0.6 is 0 Å². The van der Waals surface area contributed by atoms with Crippen LogP contribution in [0.25, 0.3) is 16.0 Å². The highest BCUT2D eigenvalue weighted by molar-refractivity contribution is 7.93. The van der Waals surface area contributed by atoms with Gasteiger partial charge in [0, 0.05) is 12.5 Å². The molecule has 0 spiro atoms. The zero-order valence-corrected chi connectivity index (χ0v) is 22.2. The SMILES string of the molecule is CC(=O)CCCCOc1cc(C)c(-c2cccc(COc3ccc(C4=CC(=O)NS4=O)cc3)c2)c(C)c1. The Bertz CT molecular complexity index is 1340. The van der Waals surface area contributed by atoms with Gasteiger partial charge >= 0.3 is 0 Å². The third kappa shape index (κ3) is 6.95. The van der Waals surface area contributed by atoms with Crippen LogP contribution in [-0.4, -0.2) is 22.5 Å². The summed E-state index contributed by atoms with van der Waals surface area (Å²) in [4.78, 5) is 23.0. The zero-order chi connectivity index (χ0) is 26.4. The van der Waals surface area contributed by atoms with Gasteiger partial charge in [0.15, 0.2) is 11.0 Å². The Morgan fingerprint density at radius 3 is 2.27 bits per heavy atom. The zero-order valence-electron chi connectivity index (χ0n) is 21.3. The van der Waals surface area contributed by atoms with Crippen molar-refractivity contribution >= 4 is 27.6 Å². The molecular weight excluding hydrogens is 486 g/mol. The van der Waals surface area contributed by atoms with Gasteiger partial charge < -0.3 is 14.3 Å². The molecule has 192 valence electrons. The van der Waals surface area contributed by atoms with Gasteiger partial charge in [-0.1, -0.05) is 30.3 Å². The van der Waals surface area contributed by atoms with E-state index in [1.54, 1.807) is 19.1 Å². The number of hydrogen-bond donors (Lipinski definition) is 1. The Morgan fingerprint density at radius 1 is 0.892 bits per heavy atom. The molecule has 0 saturated heterocycles. The second kappa shape index (κ2) is 12.0. The lowest BCUT2D eigenvalue weighted by atomic mass is 9.94. The predicted molar refractivity (Wildman–Crippen MR) is 146 cm³/mol. The maximum atomic E-state index is 11.9. The van der Waals surface area contributed by atoms with Crippen LogP contribution in [-0.2, 0) is 27.2 Å². The summed E-state index contributed by atoms with van der Waals surface area (Å²) in [7, 11) is -1.51. The molecule has 4 rings (SSSR count). The van der Waals surface area contributed by atoms with Gasteiger partial charge in [-0.05, 0) is 97.3 Å². The summed E-state index contributed by atoms with van der Waals surface area (Å²) in [5.41, 5.74) is 6.34. The van der Waals surface area contributed by atoms with E-state index < -0.39 is 11.0 Å².